The van der Waals surface area contributed by atoms with Gasteiger partial charge < -0.3 is 9.64 Å². The monoisotopic (exact) mass is 310 g/mol. The van der Waals surface area contributed by atoms with Gasteiger partial charge in [-0.2, -0.15) is 0 Å². The van der Waals surface area contributed by atoms with Crippen molar-refractivity contribution in [1.82, 2.24) is 9.88 Å². The van der Waals surface area contributed by atoms with Crippen LogP contribution >= 0.6 is 11.3 Å². The predicted octanol–water partition coefficient (Wildman–Crippen LogP) is 3.20. The molecule has 110 valence electrons. The second kappa shape index (κ2) is 5.42. The lowest BCUT2D eigenvalue weighted by Gasteiger charge is -2.38. The Balaban J connectivity index is 1.49. The van der Waals surface area contributed by atoms with E-state index in [-0.39, 0.29) is 12.0 Å². The Morgan fingerprint density at radius 1 is 1.18 bits per heavy atom. The van der Waals surface area contributed by atoms with Gasteiger partial charge in [-0.15, -0.1) is 0 Å². The molecule has 0 N–H and O–H groups in total. The van der Waals surface area contributed by atoms with E-state index in [4.69, 9.17) is 4.74 Å². The van der Waals surface area contributed by atoms with Crippen LogP contribution in [0.2, 0.25) is 0 Å². The number of carbonyl (C=O) groups is 1. The van der Waals surface area contributed by atoms with Gasteiger partial charge in [0, 0.05) is 17.1 Å². The molecule has 0 bridgehead atoms. The van der Waals surface area contributed by atoms with Crippen molar-refractivity contribution in [3.8, 4) is 5.19 Å². The molecule has 0 atom stereocenters. The van der Waals surface area contributed by atoms with Crippen molar-refractivity contribution in [2.75, 3.05) is 13.1 Å². The van der Waals surface area contributed by atoms with Crippen LogP contribution in [-0.2, 0) is 0 Å². The van der Waals surface area contributed by atoms with E-state index in [2.05, 4.69) is 4.98 Å². The molecule has 1 aliphatic rings. The first-order valence-electron chi connectivity index (χ1n) is 7.14. The standard InChI is InChI=1S/C17H14N2O2S/c20-16(15-7-3-5-12-4-1-2-6-14(12)15)19-10-13(11-19)21-17-18-8-9-22-17/h1-9,13H,10-11H2. The molecular formula is C17H14N2O2S. The molecule has 0 unspecified atom stereocenters. The van der Waals surface area contributed by atoms with E-state index in [0.29, 0.717) is 18.3 Å². The largest absolute Gasteiger partial charge is 0.463 e. The van der Waals surface area contributed by atoms with Gasteiger partial charge in [0.2, 0.25) is 0 Å². The molecular weight excluding hydrogens is 296 g/mol. The van der Waals surface area contributed by atoms with Crippen LogP contribution in [0.1, 0.15) is 10.4 Å². The quantitative estimate of drug-likeness (QED) is 0.746. The number of nitrogens with zero attached hydrogens (tertiary/aromatic N) is 2. The normalized spacial score (nSPS) is 14.8. The summed E-state index contributed by atoms with van der Waals surface area (Å²) in [5, 5.41) is 4.64. The number of hydrogen-bond donors (Lipinski definition) is 0. The SMILES string of the molecule is O=C(c1cccc2ccccc12)N1CC(Oc2nccs2)C1. The van der Waals surface area contributed by atoms with Crippen LogP contribution in [0, 0.1) is 0 Å². The molecule has 0 aliphatic carbocycles. The number of hydrogen-bond acceptors (Lipinski definition) is 4. The molecule has 2 aromatic carbocycles. The number of ether oxygens (including phenoxy) is 1. The molecule has 1 aliphatic heterocycles. The molecule has 2 heterocycles. The lowest BCUT2D eigenvalue weighted by molar-refractivity contribution is 0.0178. The van der Waals surface area contributed by atoms with E-state index in [1.165, 1.54) is 11.3 Å². The Kier molecular flexibility index (Phi) is 3.27. The molecule has 1 fully saturated rings. The second-order valence-electron chi connectivity index (χ2n) is 5.27. The van der Waals surface area contributed by atoms with E-state index in [9.17, 15) is 4.79 Å². The fourth-order valence-electron chi connectivity index (χ4n) is 2.67. The zero-order chi connectivity index (χ0) is 14.9. The van der Waals surface area contributed by atoms with Crippen molar-refractivity contribution in [2.24, 2.45) is 0 Å². The summed E-state index contributed by atoms with van der Waals surface area (Å²) in [5.74, 6) is 0.0655. The van der Waals surface area contributed by atoms with Gasteiger partial charge in [-0.25, -0.2) is 4.98 Å². The Morgan fingerprint density at radius 3 is 2.82 bits per heavy atom. The molecule has 1 saturated heterocycles. The number of amides is 1. The molecule has 0 spiro atoms. The molecule has 4 nitrogen and oxygen atoms in total. The Morgan fingerprint density at radius 2 is 2.00 bits per heavy atom. The van der Waals surface area contributed by atoms with E-state index < -0.39 is 0 Å². The maximum absolute atomic E-state index is 12.6. The summed E-state index contributed by atoms with van der Waals surface area (Å²) in [7, 11) is 0. The molecule has 0 radical (unpaired) electrons. The Labute approximate surface area is 132 Å². The number of rotatable bonds is 3. The lowest BCUT2D eigenvalue weighted by atomic mass is 10.0. The average Bonchev–Trinajstić information content (AvgIpc) is 3.02. The number of aromatic nitrogens is 1. The molecule has 1 aromatic heterocycles. The number of benzene rings is 2. The van der Waals surface area contributed by atoms with Gasteiger partial charge in [0.05, 0.1) is 13.1 Å². The van der Waals surface area contributed by atoms with E-state index in [1.54, 1.807) is 6.20 Å². The van der Waals surface area contributed by atoms with Gasteiger partial charge >= 0.3 is 0 Å². The van der Waals surface area contributed by atoms with Crippen LogP contribution in [0.25, 0.3) is 10.8 Å². The van der Waals surface area contributed by atoms with Gasteiger partial charge in [-0.3, -0.25) is 4.79 Å². The van der Waals surface area contributed by atoms with Crippen molar-refractivity contribution in [3.05, 3.63) is 59.6 Å². The summed E-state index contributed by atoms with van der Waals surface area (Å²) in [6.07, 6.45) is 1.77. The Bertz CT molecular complexity index is 805. The van der Waals surface area contributed by atoms with Crippen LogP contribution < -0.4 is 4.74 Å². The third-order valence-corrected chi connectivity index (χ3v) is 4.49. The number of carbonyl (C=O) groups excluding carboxylic acids is 1. The van der Waals surface area contributed by atoms with Crippen LogP contribution in [-0.4, -0.2) is 35.0 Å². The van der Waals surface area contributed by atoms with Crippen LogP contribution in [0.5, 0.6) is 5.19 Å². The topological polar surface area (TPSA) is 42.4 Å². The maximum atomic E-state index is 12.6. The number of fused-ring (bicyclic) bond motifs is 1. The first-order chi connectivity index (χ1) is 10.8. The van der Waals surface area contributed by atoms with E-state index in [1.807, 2.05) is 52.7 Å². The minimum absolute atomic E-state index is 0.0464. The third kappa shape index (κ3) is 2.33. The summed E-state index contributed by atoms with van der Waals surface area (Å²) >= 11 is 1.47. The Hall–Kier alpha value is -2.40. The van der Waals surface area contributed by atoms with Crippen molar-refractivity contribution in [2.45, 2.75) is 6.10 Å². The highest BCUT2D eigenvalue weighted by Gasteiger charge is 2.33. The smallest absolute Gasteiger partial charge is 0.273 e. The van der Waals surface area contributed by atoms with Gasteiger partial charge in [0.15, 0.2) is 0 Å². The van der Waals surface area contributed by atoms with Gasteiger partial charge in [-0.1, -0.05) is 47.7 Å². The highest BCUT2D eigenvalue weighted by molar-refractivity contribution is 7.11. The van der Waals surface area contributed by atoms with E-state index >= 15 is 0 Å². The summed E-state index contributed by atoms with van der Waals surface area (Å²) in [4.78, 5) is 18.6. The van der Waals surface area contributed by atoms with Crippen molar-refractivity contribution >= 4 is 28.0 Å². The fourth-order valence-corrected chi connectivity index (χ4v) is 3.22. The second-order valence-corrected chi connectivity index (χ2v) is 6.13. The zero-order valence-electron chi connectivity index (χ0n) is 11.8. The lowest BCUT2D eigenvalue weighted by Crippen LogP contribution is -2.56. The highest BCUT2D eigenvalue weighted by Crippen LogP contribution is 2.24. The van der Waals surface area contributed by atoms with Crippen LogP contribution in [0.4, 0.5) is 0 Å². The van der Waals surface area contributed by atoms with Gasteiger partial charge in [0.25, 0.3) is 11.1 Å². The van der Waals surface area contributed by atoms with Crippen molar-refractivity contribution in [3.63, 3.8) is 0 Å². The summed E-state index contributed by atoms with van der Waals surface area (Å²) in [5.41, 5.74) is 0.755. The summed E-state index contributed by atoms with van der Waals surface area (Å²) in [6, 6.07) is 13.8. The van der Waals surface area contributed by atoms with Gasteiger partial charge in [0.1, 0.15) is 6.10 Å². The first-order valence-corrected chi connectivity index (χ1v) is 8.02. The minimum Gasteiger partial charge on any atom is -0.463 e. The first kappa shape index (κ1) is 13.3. The van der Waals surface area contributed by atoms with Crippen molar-refractivity contribution in [1.29, 1.82) is 0 Å². The molecule has 4 rings (SSSR count). The third-order valence-electron chi connectivity index (χ3n) is 3.83. The van der Waals surface area contributed by atoms with Crippen LogP contribution in [0.3, 0.4) is 0 Å². The van der Waals surface area contributed by atoms with Crippen LogP contribution in [0.15, 0.2) is 54.0 Å². The van der Waals surface area contributed by atoms with Gasteiger partial charge in [-0.05, 0) is 16.8 Å². The highest BCUT2D eigenvalue weighted by atomic mass is 32.1. The average molecular weight is 310 g/mol. The molecule has 22 heavy (non-hydrogen) atoms. The fraction of sp³-hybridized carbons (Fsp3) is 0.176. The molecule has 0 saturated carbocycles. The predicted molar refractivity (Wildman–Crippen MR) is 86.4 cm³/mol. The molecule has 5 heteroatoms. The number of thiazole rings is 1. The molecule has 3 aromatic rings. The summed E-state index contributed by atoms with van der Waals surface area (Å²) in [6.45, 7) is 1.23. The number of likely N-dealkylation sites (tertiary alicyclic amines) is 1. The maximum Gasteiger partial charge on any atom is 0.273 e. The molecule has 1 amide bonds. The van der Waals surface area contributed by atoms with Crippen molar-refractivity contribution < 1.29 is 9.53 Å². The van der Waals surface area contributed by atoms with E-state index in [0.717, 1.165) is 16.3 Å². The minimum atomic E-state index is 0.0464. The summed E-state index contributed by atoms with van der Waals surface area (Å²) < 4.78 is 5.71. The zero-order valence-corrected chi connectivity index (χ0v) is 12.6.